The third-order valence-corrected chi connectivity index (χ3v) is 5.84. The number of rotatable bonds is 3. The van der Waals surface area contributed by atoms with Crippen molar-refractivity contribution in [2.45, 2.75) is 19.4 Å². The minimum atomic E-state index is 0.0548. The number of aromatic nitrogens is 1. The molecule has 2 aromatic rings. The number of aryl methyl sites for hydroxylation is 1. The molecule has 1 atom stereocenters. The molecule has 4 rings (SSSR count). The van der Waals surface area contributed by atoms with Crippen LogP contribution in [0.1, 0.15) is 21.8 Å². The van der Waals surface area contributed by atoms with Crippen molar-refractivity contribution in [2.24, 2.45) is 0 Å². The number of hydrogen-bond donors (Lipinski definition) is 1. The topological polar surface area (TPSA) is 61.6 Å². The number of amides is 1. The summed E-state index contributed by atoms with van der Waals surface area (Å²) >= 11 is 1.52. The number of carbonyl (C=O) groups excluding carboxylic acids is 1. The van der Waals surface area contributed by atoms with Gasteiger partial charge < -0.3 is 14.6 Å². The number of nitrogens with zero attached hydrogens (tertiary/aromatic N) is 3. The van der Waals surface area contributed by atoms with Crippen LogP contribution in [-0.4, -0.2) is 66.0 Å². The largest absolute Gasteiger partial charge is 0.462 e. The molecular weight excluding hydrogens is 324 g/mol. The molecule has 0 aromatic carbocycles. The zero-order chi connectivity index (χ0) is 16.5. The zero-order valence-electron chi connectivity index (χ0n) is 13.8. The fourth-order valence-corrected chi connectivity index (χ4v) is 4.40. The van der Waals surface area contributed by atoms with E-state index in [2.05, 4.69) is 15.2 Å². The Balaban J connectivity index is 1.46. The molecule has 2 aromatic heterocycles. The number of likely N-dealkylation sites (tertiary alicyclic amines) is 1. The van der Waals surface area contributed by atoms with Gasteiger partial charge in [0.2, 0.25) is 0 Å². The predicted molar refractivity (Wildman–Crippen MR) is 93.3 cm³/mol. The highest BCUT2D eigenvalue weighted by molar-refractivity contribution is 7.15. The van der Waals surface area contributed by atoms with Gasteiger partial charge in [0.15, 0.2) is 10.8 Å². The average molecular weight is 346 g/mol. The summed E-state index contributed by atoms with van der Waals surface area (Å²) in [6, 6.07) is 4.20. The Labute approximate surface area is 145 Å². The van der Waals surface area contributed by atoms with Crippen molar-refractivity contribution in [2.75, 3.05) is 39.3 Å². The van der Waals surface area contributed by atoms with Gasteiger partial charge in [-0.25, -0.2) is 4.98 Å². The van der Waals surface area contributed by atoms with Crippen LogP contribution >= 0.6 is 11.3 Å². The Morgan fingerprint density at radius 2 is 2.21 bits per heavy atom. The summed E-state index contributed by atoms with van der Waals surface area (Å²) in [7, 11) is 0. The lowest BCUT2D eigenvalue weighted by Gasteiger charge is -2.32. The van der Waals surface area contributed by atoms with Crippen molar-refractivity contribution in [3.05, 3.63) is 29.0 Å². The van der Waals surface area contributed by atoms with Gasteiger partial charge in [-0.3, -0.25) is 9.69 Å². The molecule has 0 aliphatic carbocycles. The van der Waals surface area contributed by atoms with Gasteiger partial charge in [-0.1, -0.05) is 0 Å². The van der Waals surface area contributed by atoms with Gasteiger partial charge in [-0.15, -0.1) is 11.3 Å². The summed E-state index contributed by atoms with van der Waals surface area (Å²) in [5.74, 6) is 0.779. The SMILES string of the molecule is Cc1sc(-c2ccco2)nc1C(=O)N1CCC(N2CCNCC2)C1. The number of carbonyl (C=O) groups is 1. The first-order chi connectivity index (χ1) is 11.7. The quantitative estimate of drug-likeness (QED) is 0.919. The normalized spacial score (nSPS) is 22.2. The minimum Gasteiger partial charge on any atom is -0.462 e. The van der Waals surface area contributed by atoms with Crippen LogP contribution in [0.15, 0.2) is 22.8 Å². The van der Waals surface area contributed by atoms with E-state index in [-0.39, 0.29) is 5.91 Å². The van der Waals surface area contributed by atoms with E-state index in [4.69, 9.17) is 4.42 Å². The third kappa shape index (κ3) is 2.99. The van der Waals surface area contributed by atoms with Crippen LogP contribution in [0.4, 0.5) is 0 Å². The molecule has 0 spiro atoms. The summed E-state index contributed by atoms with van der Waals surface area (Å²) in [4.78, 5) is 22.9. The Morgan fingerprint density at radius 3 is 2.96 bits per heavy atom. The first-order valence-corrected chi connectivity index (χ1v) is 9.29. The molecule has 2 aliphatic heterocycles. The highest BCUT2D eigenvalue weighted by Gasteiger charge is 2.33. The van der Waals surface area contributed by atoms with Crippen LogP contribution in [0.5, 0.6) is 0 Å². The Morgan fingerprint density at radius 1 is 1.38 bits per heavy atom. The molecule has 0 saturated carbocycles. The van der Waals surface area contributed by atoms with Gasteiger partial charge in [0.05, 0.1) is 6.26 Å². The molecule has 4 heterocycles. The van der Waals surface area contributed by atoms with E-state index in [1.54, 1.807) is 6.26 Å². The maximum atomic E-state index is 12.9. The molecular formula is C17H22N4O2S. The van der Waals surface area contributed by atoms with Gasteiger partial charge in [0, 0.05) is 50.2 Å². The van der Waals surface area contributed by atoms with E-state index >= 15 is 0 Å². The fourth-order valence-electron chi connectivity index (χ4n) is 3.52. The lowest BCUT2D eigenvalue weighted by Crippen LogP contribution is -2.49. The van der Waals surface area contributed by atoms with Gasteiger partial charge in [-0.05, 0) is 25.5 Å². The Bertz CT molecular complexity index is 706. The van der Waals surface area contributed by atoms with Crippen molar-refractivity contribution in [1.82, 2.24) is 20.1 Å². The molecule has 7 heteroatoms. The highest BCUT2D eigenvalue weighted by atomic mass is 32.1. The standard InChI is InChI=1S/C17H22N4O2S/c1-12-15(19-16(24-12)14-3-2-10-23-14)17(22)21-7-4-13(11-21)20-8-5-18-6-9-20/h2-3,10,13,18H,4-9,11H2,1H3. The maximum absolute atomic E-state index is 12.9. The van der Waals surface area contributed by atoms with Crippen LogP contribution in [0.25, 0.3) is 10.8 Å². The summed E-state index contributed by atoms with van der Waals surface area (Å²) < 4.78 is 5.40. The summed E-state index contributed by atoms with van der Waals surface area (Å²) in [6.07, 6.45) is 2.69. The van der Waals surface area contributed by atoms with Crippen LogP contribution in [0, 0.1) is 6.92 Å². The van der Waals surface area contributed by atoms with Gasteiger partial charge in [0.1, 0.15) is 5.69 Å². The van der Waals surface area contributed by atoms with Crippen LogP contribution in [0.2, 0.25) is 0 Å². The molecule has 24 heavy (non-hydrogen) atoms. The molecule has 1 unspecified atom stereocenters. The van der Waals surface area contributed by atoms with Crippen molar-refractivity contribution in [1.29, 1.82) is 0 Å². The van der Waals surface area contributed by atoms with E-state index in [0.29, 0.717) is 11.7 Å². The maximum Gasteiger partial charge on any atom is 0.273 e. The number of nitrogens with one attached hydrogen (secondary N) is 1. The van der Waals surface area contributed by atoms with E-state index in [1.165, 1.54) is 11.3 Å². The van der Waals surface area contributed by atoms with E-state index < -0.39 is 0 Å². The second-order valence-corrected chi connectivity index (χ2v) is 7.58. The van der Waals surface area contributed by atoms with Crippen molar-refractivity contribution >= 4 is 17.2 Å². The Kier molecular flexibility index (Phi) is 4.39. The molecule has 2 aliphatic rings. The lowest BCUT2D eigenvalue weighted by atomic mass is 10.2. The van der Waals surface area contributed by atoms with E-state index in [0.717, 1.165) is 61.3 Å². The van der Waals surface area contributed by atoms with Crippen LogP contribution in [-0.2, 0) is 0 Å². The van der Waals surface area contributed by atoms with Crippen molar-refractivity contribution in [3.8, 4) is 10.8 Å². The Hall–Kier alpha value is -1.70. The molecule has 1 amide bonds. The van der Waals surface area contributed by atoms with Gasteiger partial charge >= 0.3 is 0 Å². The molecule has 2 fully saturated rings. The second kappa shape index (κ2) is 6.66. The van der Waals surface area contributed by atoms with Gasteiger partial charge in [0.25, 0.3) is 5.91 Å². The lowest BCUT2D eigenvalue weighted by molar-refractivity contribution is 0.0768. The highest BCUT2D eigenvalue weighted by Crippen LogP contribution is 2.29. The average Bonchev–Trinajstić information content (AvgIpc) is 3.35. The van der Waals surface area contributed by atoms with Crippen LogP contribution in [0.3, 0.4) is 0 Å². The third-order valence-electron chi connectivity index (χ3n) is 4.85. The molecule has 2 saturated heterocycles. The van der Waals surface area contributed by atoms with E-state index in [9.17, 15) is 4.79 Å². The van der Waals surface area contributed by atoms with E-state index in [1.807, 2.05) is 24.0 Å². The first kappa shape index (κ1) is 15.8. The summed E-state index contributed by atoms with van der Waals surface area (Å²) in [5.41, 5.74) is 0.576. The summed E-state index contributed by atoms with van der Waals surface area (Å²) in [5, 5.41) is 4.16. The smallest absolute Gasteiger partial charge is 0.273 e. The minimum absolute atomic E-state index is 0.0548. The number of piperazine rings is 1. The first-order valence-electron chi connectivity index (χ1n) is 8.48. The van der Waals surface area contributed by atoms with Crippen LogP contribution < -0.4 is 5.32 Å². The number of hydrogen-bond acceptors (Lipinski definition) is 6. The number of thiazole rings is 1. The molecule has 1 N–H and O–H groups in total. The molecule has 0 bridgehead atoms. The zero-order valence-corrected chi connectivity index (χ0v) is 14.6. The molecule has 0 radical (unpaired) electrons. The second-order valence-electron chi connectivity index (χ2n) is 6.38. The van der Waals surface area contributed by atoms with Gasteiger partial charge in [-0.2, -0.15) is 0 Å². The fraction of sp³-hybridized carbons (Fsp3) is 0.529. The van der Waals surface area contributed by atoms with Crippen molar-refractivity contribution in [3.63, 3.8) is 0 Å². The summed E-state index contributed by atoms with van der Waals surface area (Å²) in [6.45, 7) is 7.83. The monoisotopic (exact) mass is 346 g/mol. The molecule has 6 nitrogen and oxygen atoms in total. The molecule has 128 valence electrons. The number of furan rings is 1. The predicted octanol–water partition coefficient (Wildman–Crippen LogP) is 1.83. The van der Waals surface area contributed by atoms with Crippen molar-refractivity contribution < 1.29 is 9.21 Å².